The van der Waals surface area contributed by atoms with Crippen LogP contribution in [0.15, 0.2) is 23.1 Å². The van der Waals surface area contributed by atoms with Crippen LogP contribution in [0.1, 0.15) is 10.4 Å². The summed E-state index contributed by atoms with van der Waals surface area (Å²) in [6.07, 6.45) is -0.521. The van der Waals surface area contributed by atoms with Gasteiger partial charge in [0.15, 0.2) is 9.84 Å². The van der Waals surface area contributed by atoms with Gasteiger partial charge >= 0.3 is 5.97 Å². The predicted molar refractivity (Wildman–Crippen MR) is 72.6 cm³/mol. The van der Waals surface area contributed by atoms with Crippen molar-refractivity contribution in [2.75, 3.05) is 32.5 Å². The fourth-order valence-corrected chi connectivity index (χ4v) is 3.69. The average Bonchev–Trinajstić information content (AvgIpc) is 2.37. The highest BCUT2D eigenvalue weighted by Crippen LogP contribution is 2.20. The van der Waals surface area contributed by atoms with E-state index in [9.17, 15) is 17.6 Å². The Labute approximate surface area is 122 Å². The maximum atomic E-state index is 13.8. The molecule has 1 aromatic rings. The number of rotatable bonds is 4. The summed E-state index contributed by atoms with van der Waals surface area (Å²) in [4.78, 5) is 12.2. The molecule has 21 heavy (non-hydrogen) atoms. The number of carboxylic acids is 1. The molecule has 0 radical (unpaired) electrons. The third-order valence-electron chi connectivity index (χ3n) is 3.26. The van der Waals surface area contributed by atoms with Crippen LogP contribution in [0, 0.1) is 5.82 Å². The summed E-state index contributed by atoms with van der Waals surface area (Å²) in [6, 6.07) is 2.77. The number of sulfone groups is 1. The highest BCUT2D eigenvalue weighted by Gasteiger charge is 2.28. The zero-order chi connectivity index (χ0) is 15.6. The summed E-state index contributed by atoms with van der Waals surface area (Å²) in [5.41, 5.74) is -0.292. The maximum Gasteiger partial charge on any atom is 0.335 e. The van der Waals surface area contributed by atoms with Gasteiger partial charge in [0.05, 0.1) is 24.0 Å². The molecule has 116 valence electrons. The first-order valence-corrected chi connectivity index (χ1v) is 8.00. The van der Waals surface area contributed by atoms with E-state index in [1.54, 1.807) is 0 Å². The highest BCUT2D eigenvalue weighted by molar-refractivity contribution is 7.91. The summed E-state index contributed by atoms with van der Waals surface area (Å²) >= 11 is 0. The third-order valence-corrected chi connectivity index (χ3v) is 5.07. The fraction of sp³-hybridized carbons (Fsp3) is 0.462. The second-order valence-corrected chi connectivity index (χ2v) is 6.99. The lowest BCUT2D eigenvalue weighted by Crippen LogP contribution is -2.43. The van der Waals surface area contributed by atoms with Crippen molar-refractivity contribution in [3.63, 3.8) is 0 Å². The predicted octanol–water partition coefficient (Wildman–Crippen LogP) is 0.628. The second kappa shape index (κ2) is 6.08. The number of carboxylic acid groups (broad SMARTS) is 1. The molecule has 0 amide bonds. The molecule has 0 aliphatic carbocycles. The summed E-state index contributed by atoms with van der Waals surface area (Å²) in [6.45, 7) is 1.60. The van der Waals surface area contributed by atoms with Crippen molar-refractivity contribution in [3.05, 3.63) is 29.6 Å². The van der Waals surface area contributed by atoms with Crippen LogP contribution in [0.3, 0.4) is 0 Å². The quantitative estimate of drug-likeness (QED) is 0.877. The zero-order valence-corrected chi connectivity index (χ0v) is 12.3. The van der Waals surface area contributed by atoms with Gasteiger partial charge in [-0.25, -0.2) is 17.6 Å². The Morgan fingerprint density at radius 3 is 2.81 bits per heavy atom. The number of halogens is 1. The third kappa shape index (κ3) is 3.78. The Kier molecular flexibility index (Phi) is 4.60. The summed E-state index contributed by atoms with van der Waals surface area (Å²) in [5.74, 6) is -2.70. The van der Waals surface area contributed by atoms with Gasteiger partial charge in [0, 0.05) is 13.1 Å². The first kappa shape index (κ1) is 15.9. The molecule has 6 nitrogen and oxygen atoms in total. The molecular formula is C13H16FNO5S. The van der Waals surface area contributed by atoms with Gasteiger partial charge in [-0.1, -0.05) is 0 Å². The van der Waals surface area contributed by atoms with Gasteiger partial charge in [-0.05, 0) is 25.2 Å². The van der Waals surface area contributed by atoms with Crippen LogP contribution in [0.4, 0.5) is 4.39 Å². The van der Waals surface area contributed by atoms with E-state index in [2.05, 4.69) is 0 Å². The van der Waals surface area contributed by atoms with Gasteiger partial charge in [0.25, 0.3) is 0 Å². The smallest absolute Gasteiger partial charge is 0.335 e. The van der Waals surface area contributed by atoms with Crippen molar-refractivity contribution in [1.29, 1.82) is 0 Å². The van der Waals surface area contributed by atoms with Crippen molar-refractivity contribution in [2.45, 2.75) is 11.0 Å². The van der Waals surface area contributed by atoms with Gasteiger partial charge in [-0.2, -0.15) is 0 Å². The van der Waals surface area contributed by atoms with Crippen LogP contribution in [0.25, 0.3) is 0 Å². The minimum atomic E-state index is -3.88. The van der Waals surface area contributed by atoms with E-state index in [4.69, 9.17) is 9.84 Å². The minimum absolute atomic E-state index is 0.292. The fourth-order valence-electron chi connectivity index (χ4n) is 2.19. The number of likely N-dealkylation sites (N-methyl/N-ethyl adjacent to an activating group) is 1. The number of hydrogen-bond acceptors (Lipinski definition) is 5. The van der Waals surface area contributed by atoms with Crippen molar-refractivity contribution >= 4 is 15.8 Å². The van der Waals surface area contributed by atoms with E-state index >= 15 is 0 Å². The molecule has 1 heterocycles. The van der Waals surface area contributed by atoms with Crippen molar-refractivity contribution in [1.82, 2.24) is 4.90 Å². The van der Waals surface area contributed by atoms with Gasteiger partial charge in [-0.3, -0.25) is 0 Å². The number of nitrogens with zero attached hydrogens (tertiary/aromatic N) is 1. The van der Waals surface area contributed by atoms with E-state index in [1.165, 1.54) is 0 Å². The molecule has 1 aliphatic heterocycles. The summed E-state index contributed by atoms with van der Waals surface area (Å²) in [7, 11) is -2.02. The standard InChI is InChI=1S/C13H16FNO5S/c1-15-4-5-20-10(7-15)8-21(18,19)12-3-2-9(13(16)17)6-11(12)14/h2-3,6,10H,4-5,7-8H2,1H3,(H,16,17). The number of benzene rings is 1. The SMILES string of the molecule is CN1CCOC(CS(=O)(=O)c2ccc(C(=O)O)cc2F)C1. The van der Waals surface area contributed by atoms with Crippen LogP contribution in [-0.4, -0.2) is 63.0 Å². The Balaban J connectivity index is 2.21. The molecule has 1 unspecified atom stereocenters. The lowest BCUT2D eigenvalue weighted by molar-refractivity contribution is -0.00682. The van der Waals surface area contributed by atoms with E-state index in [0.29, 0.717) is 19.2 Å². The largest absolute Gasteiger partial charge is 0.478 e. The molecule has 0 spiro atoms. The first-order valence-electron chi connectivity index (χ1n) is 6.35. The monoisotopic (exact) mass is 317 g/mol. The molecule has 1 atom stereocenters. The van der Waals surface area contributed by atoms with E-state index in [0.717, 1.165) is 18.7 Å². The van der Waals surface area contributed by atoms with Crippen LogP contribution >= 0.6 is 0 Å². The maximum absolute atomic E-state index is 13.8. The van der Waals surface area contributed by atoms with Crippen LogP contribution in [0.2, 0.25) is 0 Å². The number of aromatic carboxylic acids is 1. The average molecular weight is 317 g/mol. The second-order valence-electron chi connectivity index (χ2n) is 4.99. The first-order chi connectivity index (χ1) is 9.79. The van der Waals surface area contributed by atoms with Crippen molar-refractivity contribution in [2.24, 2.45) is 0 Å². The van der Waals surface area contributed by atoms with Crippen molar-refractivity contribution < 1.29 is 27.4 Å². The molecule has 1 aromatic carbocycles. The number of hydrogen-bond donors (Lipinski definition) is 1. The van der Waals surface area contributed by atoms with Crippen LogP contribution in [0.5, 0.6) is 0 Å². The number of carbonyl (C=O) groups is 1. The van der Waals surface area contributed by atoms with Gasteiger partial charge in [-0.15, -0.1) is 0 Å². The topological polar surface area (TPSA) is 83.9 Å². The lowest BCUT2D eigenvalue weighted by atomic mass is 10.2. The molecule has 1 saturated heterocycles. The molecule has 1 fully saturated rings. The lowest BCUT2D eigenvalue weighted by Gasteiger charge is -2.29. The van der Waals surface area contributed by atoms with E-state index < -0.39 is 32.6 Å². The molecule has 0 saturated carbocycles. The molecular weight excluding hydrogens is 301 g/mol. The highest BCUT2D eigenvalue weighted by atomic mass is 32.2. The Morgan fingerprint density at radius 2 is 2.24 bits per heavy atom. The molecule has 1 aliphatic rings. The normalized spacial score (nSPS) is 20.4. The van der Waals surface area contributed by atoms with Gasteiger partial charge < -0.3 is 14.7 Å². The zero-order valence-electron chi connectivity index (χ0n) is 11.5. The molecule has 0 aromatic heterocycles. The van der Waals surface area contributed by atoms with Gasteiger partial charge in [0.1, 0.15) is 10.7 Å². The van der Waals surface area contributed by atoms with E-state index in [-0.39, 0.29) is 11.3 Å². The molecule has 8 heteroatoms. The number of morpholine rings is 1. The molecule has 1 N–H and O–H groups in total. The van der Waals surface area contributed by atoms with E-state index in [1.807, 2.05) is 11.9 Å². The van der Waals surface area contributed by atoms with Gasteiger partial charge in [0.2, 0.25) is 0 Å². The van der Waals surface area contributed by atoms with Crippen LogP contribution < -0.4 is 0 Å². The Bertz CT molecular complexity index is 646. The summed E-state index contributed by atoms with van der Waals surface area (Å²) < 4.78 is 43.7. The Morgan fingerprint density at radius 1 is 1.52 bits per heavy atom. The minimum Gasteiger partial charge on any atom is -0.478 e. The molecule has 0 bridgehead atoms. The molecule has 2 rings (SSSR count). The van der Waals surface area contributed by atoms with Crippen molar-refractivity contribution in [3.8, 4) is 0 Å². The number of ether oxygens (including phenoxy) is 1. The van der Waals surface area contributed by atoms with Crippen LogP contribution in [-0.2, 0) is 14.6 Å². The Hall–Kier alpha value is -1.51. The summed E-state index contributed by atoms with van der Waals surface area (Å²) in [5, 5.41) is 8.75.